The van der Waals surface area contributed by atoms with Crippen LogP contribution >= 0.6 is 0 Å². The molecule has 0 aliphatic carbocycles. The van der Waals surface area contributed by atoms with Crippen LogP contribution in [0.5, 0.6) is 0 Å². The fourth-order valence-electron chi connectivity index (χ4n) is 2.45. The lowest BCUT2D eigenvalue weighted by molar-refractivity contribution is -0.384. The Morgan fingerprint density at radius 2 is 1.76 bits per heavy atom. The van der Waals surface area contributed by atoms with Crippen LogP contribution in [-0.2, 0) is 10.0 Å². The van der Waals surface area contributed by atoms with E-state index in [-0.39, 0.29) is 23.0 Å². The third-order valence-corrected chi connectivity index (χ3v) is 5.25. The van der Waals surface area contributed by atoms with E-state index >= 15 is 0 Å². The van der Waals surface area contributed by atoms with Crippen LogP contribution in [0, 0.1) is 22.5 Å². The van der Waals surface area contributed by atoms with Gasteiger partial charge in [-0.25, -0.2) is 13.1 Å². The van der Waals surface area contributed by atoms with E-state index in [0.717, 1.165) is 5.56 Å². The molecule has 0 aromatic heterocycles. The Morgan fingerprint density at radius 3 is 2.32 bits per heavy atom. The Labute approximate surface area is 147 Å². The lowest BCUT2D eigenvalue weighted by Crippen LogP contribution is -2.26. The molecule has 0 saturated heterocycles. The first-order valence-electron chi connectivity index (χ1n) is 7.66. The van der Waals surface area contributed by atoms with Crippen molar-refractivity contribution in [2.24, 2.45) is 0 Å². The van der Waals surface area contributed by atoms with Crippen molar-refractivity contribution in [3.8, 4) is 12.3 Å². The predicted molar refractivity (Wildman–Crippen MR) is 95.5 cm³/mol. The zero-order valence-corrected chi connectivity index (χ0v) is 14.3. The molecule has 1 atom stereocenters. The second-order valence-corrected chi connectivity index (χ2v) is 7.22. The van der Waals surface area contributed by atoms with Crippen molar-refractivity contribution in [3.63, 3.8) is 0 Å². The summed E-state index contributed by atoms with van der Waals surface area (Å²) < 4.78 is 27.1. The number of benzene rings is 2. The number of hydrogen-bond donors (Lipinski definition) is 1. The zero-order valence-electron chi connectivity index (χ0n) is 13.5. The zero-order chi connectivity index (χ0) is 18.3. The summed E-state index contributed by atoms with van der Waals surface area (Å²) >= 11 is 0. The van der Waals surface area contributed by atoms with Gasteiger partial charge in [-0.1, -0.05) is 30.3 Å². The molecule has 1 unspecified atom stereocenters. The van der Waals surface area contributed by atoms with E-state index in [1.54, 1.807) is 0 Å². The molecular formula is C18H18N2O4S. The SMILES string of the molecule is C#CCC(CCNS(=O)(=O)c1ccc([N+](=O)[O-])cc1)c1ccccc1. The highest BCUT2D eigenvalue weighted by atomic mass is 32.2. The molecule has 1 N–H and O–H groups in total. The highest BCUT2D eigenvalue weighted by molar-refractivity contribution is 7.89. The molecule has 2 aromatic carbocycles. The van der Waals surface area contributed by atoms with Gasteiger partial charge in [-0.3, -0.25) is 10.1 Å². The van der Waals surface area contributed by atoms with Gasteiger partial charge in [-0.15, -0.1) is 12.3 Å². The summed E-state index contributed by atoms with van der Waals surface area (Å²) in [5.74, 6) is 2.68. The summed E-state index contributed by atoms with van der Waals surface area (Å²) in [6.45, 7) is 0.223. The highest BCUT2D eigenvalue weighted by Crippen LogP contribution is 2.23. The molecule has 0 amide bonds. The van der Waals surface area contributed by atoms with Gasteiger partial charge in [0.15, 0.2) is 0 Å². The van der Waals surface area contributed by atoms with Crippen molar-refractivity contribution in [3.05, 3.63) is 70.3 Å². The second-order valence-electron chi connectivity index (χ2n) is 5.45. The summed E-state index contributed by atoms with van der Waals surface area (Å²) in [7, 11) is -3.72. The number of non-ortho nitro benzene ring substituents is 1. The third kappa shape index (κ3) is 5.14. The largest absolute Gasteiger partial charge is 0.269 e. The van der Waals surface area contributed by atoms with Crippen LogP contribution in [0.25, 0.3) is 0 Å². The Hall–Kier alpha value is -2.69. The second kappa shape index (κ2) is 8.42. The molecule has 0 radical (unpaired) electrons. The molecule has 0 spiro atoms. The van der Waals surface area contributed by atoms with Gasteiger partial charge in [0.05, 0.1) is 9.82 Å². The minimum Gasteiger partial charge on any atom is -0.258 e. The molecule has 7 heteroatoms. The van der Waals surface area contributed by atoms with Gasteiger partial charge in [0.1, 0.15) is 0 Å². The van der Waals surface area contributed by atoms with Crippen molar-refractivity contribution in [1.29, 1.82) is 0 Å². The van der Waals surface area contributed by atoms with Gasteiger partial charge in [0, 0.05) is 25.1 Å². The first kappa shape index (κ1) is 18.6. The minimum atomic E-state index is -3.72. The Bertz CT molecular complexity index is 856. The normalized spacial score (nSPS) is 12.3. The standard InChI is InChI=1S/C18H18N2O4S/c1-2-6-15(16-7-4-3-5-8-16)13-14-19-25(23,24)18-11-9-17(10-12-18)20(21)22/h1,3-5,7-12,15,19H,6,13-14H2. The number of nitro groups is 1. The minimum absolute atomic E-state index is 0.00805. The lowest BCUT2D eigenvalue weighted by atomic mass is 9.93. The lowest BCUT2D eigenvalue weighted by Gasteiger charge is -2.15. The van der Waals surface area contributed by atoms with Crippen LogP contribution in [0.3, 0.4) is 0 Å². The van der Waals surface area contributed by atoms with Crippen molar-refractivity contribution in [2.75, 3.05) is 6.54 Å². The molecule has 6 nitrogen and oxygen atoms in total. The van der Waals surface area contributed by atoms with Crippen LogP contribution in [0.2, 0.25) is 0 Å². The molecule has 0 aliphatic heterocycles. The summed E-state index contributed by atoms with van der Waals surface area (Å²) in [6, 6.07) is 14.4. The van der Waals surface area contributed by atoms with Crippen LogP contribution in [-0.4, -0.2) is 19.9 Å². The van der Waals surface area contributed by atoms with E-state index in [2.05, 4.69) is 10.6 Å². The Morgan fingerprint density at radius 1 is 1.12 bits per heavy atom. The number of nitro benzene ring substituents is 1. The number of nitrogens with zero attached hydrogens (tertiary/aromatic N) is 1. The van der Waals surface area contributed by atoms with Crippen LogP contribution in [0.15, 0.2) is 59.5 Å². The molecule has 130 valence electrons. The quantitative estimate of drug-likeness (QED) is 0.446. The van der Waals surface area contributed by atoms with Gasteiger partial charge in [-0.2, -0.15) is 0 Å². The molecule has 25 heavy (non-hydrogen) atoms. The summed E-state index contributed by atoms with van der Waals surface area (Å²) in [6.07, 6.45) is 6.48. The average Bonchev–Trinajstić information content (AvgIpc) is 2.61. The van der Waals surface area contributed by atoms with Crippen LogP contribution < -0.4 is 4.72 Å². The van der Waals surface area contributed by atoms with E-state index < -0.39 is 14.9 Å². The molecule has 2 rings (SSSR count). The van der Waals surface area contributed by atoms with Crippen molar-refractivity contribution in [1.82, 2.24) is 4.72 Å². The average molecular weight is 358 g/mol. The number of nitrogens with one attached hydrogen (secondary N) is 1. The predicted octanol–water partition coefficient (Wildman–Crippen LogP) is 3.07. The maximum absolute atomic E-state index is 12.3. The summed E-state index contributed by atoms with van der Waals surface area (Å²) in [5.41, 5.74) is 0.909. The van der Waals surface area contributed by atoms with Gasteiger partial charge in [0.25, 0.3) is 5.69 Å². The van der Waals surface area contributed by atoms with Crippen molar-refractivity contribution < 1.29 is 13.3 Å². The van der Waals surface area contributed by atoms with E-state index in [1.165, 1.54) is 24.3 Å². The Balaban J connectivity index is 2.01. The molecule has 0 bridgehead atoms. The number of terminal acetylenes is 1. The third-order valence-electron chi connectivity index (χ3n) is 3.78. The first-order chi connectivity index (χ1) is 11.9. The first-order valence-corrected chi connectivity index (χ1v) is 9.15. The maximum Gasteiger partial charge on any atom is 0.269 e. The fraction of sp³-hybridized carbons (Fsp3) is 0.222. The van der Waals surface area contributed by atoms with Gasteiger partial charge in [-0.05, 0) is 30.0 Å². The monoisotopic (exact) mass is 358 g/mol. The smallest absolute Gasteiger partial charge is 0.258 e. The van der Waals surface area contributed by atoms with Gasteiger partial charge in [0.2, 0.25) is 10.0 Å². The van der Waals surface area contributed by atoms with Crippen molar-refractivity contribution >= 4 is 15.7 Å². The van der Waals surface area contributed by atoms with E-state index in [4.69, 9.17) is 6.42 Å². The number of sulfonamides is 1. The topological polar surface area (TPSA) is 89.3 Å². The van der Waals surface area contributed by atoms with E-state index in [0.29, 0.717) is 12.8 Å². The molecular weight excluding hydrogens is 340 g/mol. The van der Waals surface area contributed by atoms with Gasteiger partial charge >= 0.3 is 0 Å². The van der Waals surface area contributed by atoms with E-state index in [9.17, 15) is 18.5 Å². The summed E-state index contributed by atoms with van der Waals surface area (Å²) in [5, 5.41) is 10.6. The highest BCUT2D eigenvalue weighted by Gasteiger charge is 2.17. The molecule has 2 aromatic rings. The molecule has 0 saturated carbocycles. The summed E-state index contributed by atoms with van der Waals surface area (Å²) in [4.78, 5) is 10.0. The molecule has 0 aliphatic rings. The fourth-order valence-corrected chi connectivity index (χ4v) is 3.50. The van der Waals surface area contributed by atoms with Crippen molar-refractivity contribution in [2.45, 2.75) is 23.7 Å². The van der Waals surface area contributed by atoms with Gasteiger partial charge < -0.3 is 0 Å². The number of rotatable bonds is 8. The van der Waals surface area contributed by atoms with E-state index in [1.807, 2.05) is 30.3 Å². The Kier molecular flexibility index (Phi) is 6.28. The van der Waals surface area contributed by atoms with Crippen LogP contribution in [0.1, 0.15) is 24.3 Å². The molecule has 0 heterocycles. The number of hydrogen-bond acceptors (Lipinski definition) is 4. The van der Waals surface area contributed by atoms with Crippen LogP contribution in [0.4, 0.5) is 5.69 Å². The molecule has 0 fully saturated rings. The maximum atomic E-state index is 12.3.